The number of rotatable bonds is 7. The number of benzene rings is 2. The van der Waals surface area contributed by atoms with Gasteiger partial charge in [-0.05, 0) is 38.1 Å². The smallest absolute Gasteiger partial charge is 0.259 e. The molecule has 2 aromatic heterocycles. The van der Waals surface area contributed by atoms with E-state index in [9.17, 15) is 9.18 Å². The predicted octanol–water partition coefficient (Wildman–Crippen LogP) is 4.96. The minimum Gasteiger partial charge on any atom is -0.493 e. The number of hydrogen-bond donors (Lipinski definition) is 1. The van der Waals surface area contributed by atoms with Crippen LogP contribution in [0, 0.1) is 12.7 Å². The molecule has 0 aliphatic rings. The molecule has 0 atom stereocenters. The fourth-order valence-electron chi connectivity index (χ4n) is 3.50. The number of aromatic nitrogens is 3. The van der Waals surface area contributed by atoms with E-state index >= 15 is 0 Å². The predicted molar refractivity (Wildman–Crippen MR) is 122 cm³/mol. The molecule has 4 aromatic rings. The zero-order valence-electron chi connectivity index (χ0n) is 18.7. The number of amides is 1. The molecule has 0 spiro atoms. The molecule has 1 amide bonds. The van der Waals surface area contributed by atoms with E-state index < -0.39 is 5.82 Å². The van der Waals surface area contributed by atoms with Crippen LogP contribution in [-0.4, -0.2) is 34.9 Å². The second-order valence-corrected chi connectivity index (χ2v) is 7.19. The summed E-state index contributed by atoms with van der Waals surface area (Å²) in [5.74, 6) is 0.453. The van der Waals surface area contributed by atoms with E-state index in [1.807, 2.05) is 13.8 Å². The highest BCUT2D eigenvalue weighted by molar-refractivity contribution is 6.04. The van der Waals surface area contributed by atoms with Gasteiger partial charge in [0.15, 0.2) is 23.1 Å². The maximum Gasteiger partial charge on any atom is 0.259 e. The molecule has 0 bridgehead atoms. The first kappa shape index (κ1) is 22.1. The quantitative estimate of drug-likeness (QED) is 0.428. The number of methoxy groups -OCH3 is 2. The van der Waals surface area contributed by atoms with E-state index in [0.717, 1.165) is 5.69 Å². The standard InChI is InChI=1S/C24H23FN4O4/c1-5-29-14(2)17(13-27-29)24(30)28-15-6-7-21(18(25)10-15)33-20-8-9-26-19-12-23(32-4)22(31-3)11-16(19)20/h6-13H,5H2,1-4H3,(H,28,30). The molecule has 0 saturated heterocycles. The average molecular weight is 450 g/mol. The van der Waals surface area contributed by atoms with E-state index in [2.05, 4.69) is 15.4 Å². The number of hydrogen-bond acceptors (Lipinski definition) is 6. The largest absolute Gasteiger partial charge is 0.493 e. The van der Waals surface area contributed by atoms with Crippen molar-refractivity contribution in [1.29, 1.82) is 0 Å². The second-order valence-electron chi connectivity index (χ2n) is 7.19. The first-order chi connectivity index (χ1) is 15.9. The van der Waals surface area contributed by atoms with Crippen LogP contribution in [0.4, 0.5) is 10.1 Å². The molecule has 0 fully saturated rings. The molecular formula is C24H23FN4O4. The Morgan fingerprint density at radius 3 is 2.48 bits per heavy atom. The Kier molecular flexibility index (Phi) is 6.12. The Hall–Kier alpha value is -4.14. The number of carbonyl (C=O) groups is 1. The molecule has 0 saturated carbocycles. The van der Waals surface area contributed by atoms with Gasteiger partial charge >= 0.3 is 0 Å². The van der Waals surface area contributed by atoms with Crippen LogP contribution >= 0.6 is 0 Å². The van der Waals surface area contributed by atoms with Gasteiger partial charge in [-0.2, -0.15) is 5.10 Å². The molecule has 4 rings (SSSR count). The Balaban J connectivity index is 1.58. The van der Waals surface area contributed by atoms with E-state index in [-0.39, 0.29) is 11.7 Å². The van der Waals surface area contributed by atoms with Crippen molar-refractivity contribution in [3.63, 3.8) is 0 Å². The van der Waals surface area contributed by atoms with Crippen LogP contribution in [0.5, 0.6) is 23.0 Å². The second kappa shape index (κ2) is 9.15. The van der Waals surface area contributed by atoms with Gasteiger partial charge in [0.2, 0.25) is 0 Å². The molecule has 8 nitrogen and oxygen atoms in total. The van der Waals surface area contributed by atoms with E-state index in [1.54, 1.807) is 35.1 Å². The summed E-state index contributed by atoms with van der Waals surface area (Å²) in [5.41, 5.74) is 2.09. The van der Waals surface area contributed by atoms with Crippen molar-refractivity contribution in [3.8, 4) is 23.0 Å². The normalized spacial score (nSPS) is 10.8. The lowest BCUT2D eigenvalue weighted by Gasteiger charge is -2.13. The van der Waals surface area contributed by atoms with Gasteiger partial charge in [0, 0.05) is 41.6 Å². The SMILES string of the molecule is CCn1ncc(C(=O)Nc2ccc(Oc3ccnc4cc(OC)c(OC)cc34)c(F)c2)c1C. The summed E-state index contributed by atoms with van der Waals surface area (Å²) in [6.07, 6.45) is 3.06. The maximum absolute atomic E-state index is 14.8. The summed E-state index contributed by atoms with van der Waals surface area (Å²) in [7, 11) is 3.07. The highest BCUT2D eigenvalue weighted by Gasteiger charge is 2.16. The molecule has 0 radical (unpaired) electrons. The van der Waals surface area contributed by atoms with Crippen molar-refractivity contribution >= 4 is 22.5 Å². The van der Waals surface area contributed by atoms with Crippen molar-refractivity contribution in [2.75, 3.05) is 19.5 Å². The van der Waals surface area contributed by atoms with Crippen LogP contribution in [0.25, 0.3) is 10.9 Å². The summed E-state index contributed by atoms with van der Waals surface area (Å²) in [4.78, 5) is 16.9. The lowest BCUT2D eigenvalue weighted by Crippen LogP contribution is -2.13. The highest BCUT2D eigenvalue weighted by atomic mass is 19.1. The summed E-state index contributed by atoms with van der Waals surface area (Å²) in [5, 5.41) is 7.50. The monoisotopic (exact) mass is 450 g/mol. The van der Waals surface area contributed by atoms with Crippen molar-refractivity contribution < 1.29 is 23.4 Å². The first-order valence-corrected chi connectivity index (χ1v) is 10.3. The van der Waals surface area contributed by atoms with Crippen LogP contribution in [0.2, 0.25) is 0 Å². The van der Waals surface area contributed by atoms with Crippen molar-refractivity contribution in [3.05, 3.63) is 65.9 Å². The zero-order valence-corrected chi connectivity index (χ0v) is 18.7. The topological polar surface area (TPSA) is 87.5 Å². The molecule has 2 aromatic carbocycles. The van der Waals surface area contributed by atoms with Crippen LogP contribution in [-0.2, 0) is 6.54 Å². The minimum absolute atomic E-state index is 0.00488. The first-order valence-electron chi connectivity index (χ1n) is 10.3. The van der Waals surface area contributed by atoms with Crippen LogP contribution in [0.15, 0.2) is 48.8 Å². The lowest BCUT2D eigenvalue weighted by molar-refractivity contribution is 0.102. The third-order valence-electron chi connectivity index (χ3n) is 5.26. The van der Waals surface area contributed by atoms with Gasteiger partial charge in [-0.1, -0.05) is 0 Å². The van der Waals surface area contributed by atoms with Gasteiger partial charge < -0.3 is 19.5 Å². The average Bonchev–Trinajstić information content (AvgIpc) is 3.20. The van der Waals surface area contributed by atoms with Crippen LogP contribution in [0.1, 0.15) is 23.0 Å². The van der Waals surface area contributed by atoms with Gasteiger partial charge in [-0.15, -0.1) is 0 Å². The third-order valence-corrected chi connectivity index (χ3v) is 5.26. The van der Waals surface area contributed by atoms with Crippen LogP contribution in [0.3, 0.4) is 0 Å². The fourth-order valence-corrected chi connectivity index (χ4v) is 3.50. The van der Waals surface area contributed by atoms with E-state index in [4.69, 9.17) is 14.2 Å². The molecule has 0 aliphatic carbocycles. The van der Waals surface area contributed by atoms with Crippen molar-refractivity contribution in [1.82, 2.24) is 14.8 Å². The van der Waals surface area contributed by atoms with Crippen molar-refractivity contribution in [2.24, 2.45) is 0 Å². The van der Waals surface area contributed by atoms with E-state index in [1.165, 1.54) is 32.5 Å². The Morgan fingerprint density at radius 2 is 1.82 bits per heavy atom. The van der Waals surface area contributed by atoms with Gasteiger partial charge in [-0.3, -0.25) is 14.5 Å². The number of nitrogens with zero attached hydrogens (tertiary/aromatic N) is 3. The Bertz CT molecular complexity index is 1340. The molecule has 9 heteroatoms. The zero-order chi connectivity index (χ0) is 23.5. The summed E-state index contributed by atoms with van der Waals surface area (Å²) < 4.78 is 33.1. The summed E-state index contributed by atoms with van der Waals surface area (Å²) in [6.45, 7) is 4.41. The number of anilines is 1. The fraction of sp³-hybridized carbons (Fsp3) is 0.208. The molecule has 170 valence electrons. The molecule has 2 heterocycles. The number of nitrogens with one attached hydrogen (secondary N) is 1. The van der Waals surface area contributed by atoms with Crippen molar-refractivity contribution in [2.45, 2.75) is 20.4 Å². The maximum atomic E-state index is 14.8. The summed E-state index contributed by atoms with van der Waals surface area (Å²) >= 11 is 0. The van der Waals surface area contributed by atoms with Gasteiger partial charge in [0.25, 0.3) is 5.91 Å². The van der Waals surface area contributed by atoms with Crippen LogP contribution < -0.4 is 19.5 Å². The number of carbonyl (C=O) groups excluding carboxylic acids is 1. The number of aryl methyl sites for hydroxylation is 1. The van der Waals surface area contributed by atoms with Gasteiger partial charge in [0.05, 0.1) is 31.5 Å². The summed E-state index contributed by atoms with van der Waals surface area (Å²) in [6, 6.07) is 9.32. The number of halogens is 1. The molecule has 0 unspecified atom stereocenters. The highest BCUT2D eigenvalue weighted by Crippen LogP contribution is 2.37. The molecular weight excluding hydrogens is 427 g/mol. The number of pyridine rings is 1. The Morgan fingerprint density at radius 1 is 1.06 bits per heavy atom. The third kappa shape index (κ3) is 4.30. The number of ether oxygens (including phenoxy) is 3. The minimum atomic E-state index is -0.626. The Labute approximate surface area is 189 Å². The molecule has 1 N–H and O–H groups in total. The molecule has 33 heavy (non-hydrogen) atoms. The molecule has 0 aliphatic heterocycles. The number of fused-ring (bicyclic) bond motifs is 1. The van der Waals surface area contributed by atoms with E-state index in [0.29, 0.717) is 45.9 Å². The van der Waals surface area contributed by atoms with Gasteiger partial charge in [0.1, 0.15) is 5.75 Å². The lowest BCUT2D eigenvalue weighted by atomic mass is 10.1. The van der Waals surface area contributed by atoms with Gasteiger partial charge in [-0.25, -0.2) is 4.39 Å².